The van der Waals surface area contributed by atoms with Gasteiger partial charge in [-0.05, 0) is 49.5 Å². The number of hydrogen-bond acceptors (Lipinski definition) is 3. The summed E-state index contributed by atoms with van der Waals surface area (Å²) in [7, 11) is 1.81. The number of rotatable bonds is 7. The van der Waals surface area contributed by atoms with Gasteiger partial charge in [0.25, 0.3) is 0 Å². The van der Waals surface area contributed by atoms with Crippen LogP contribution in [0, 0.1) is 5.92 Å². The Hall–Kier alpha value is -0.900. The minimum atomic E-state index is 0.758. The average molecular weight is 276 g/mol. The number of hydrogen-bond donors (Lipinski definition) is 1. The summed E-state index contributed by atoms with van der Waals surface area (Å²) in [5.74, 6) is 0.758. The second-order valence-corrected chi connectivity index (χ2v) is 5.72. The fourth-order valence-electron chi connectivity index (χ4n) is 2.93. The Kier molecular flexibility index (Phi) is 6.51. The van der Waals surface area contributed by atoms with Crippen LogP contribution in [-0.2, 0) is 17.8 Å². The van der Waals surface area contributed by atoms with Gasteiger partial charge in [-0.2, -0.15) is 0 Å². The fourth-order valence-corrected chi connectivity index (χ4v) is 2.93. The van der Waals surface area contributed by atoms with E-state index in [1.54, 1.807) is 0 Å². The quantitative estimate of drug-likeness (QED) is 0.828. The Balaban J connectivity index is 1.87. The molecule has 1 heterocycles. The first-order chi connectivity index (χ1) is 9.83. The number of nitrogens with zero attached hydrogens (tertiary/aromatic N) is 1. The number of methoxy groups -OCH3 is 1. The van der Waals surface area contributed by atoms with Gasteiger partial charge in [0, 0.05) is 26.8 Å². The highest BCUT2D eigenvalue weighted by Crippen LogP contribution is 2.20. The van der Waals surface area contributed by atoms with E-state index in [-0.39, 0.29) is 0 Å². The van der Waals surface area contributed by atoms with E-state index in [1.807, 2.05) is 7.11 Å². The molecule has 20 heavy (non-hydrogen) atoms. The lowest BCUT2D eigenvalue weighted by atomic mass is 9.97. The molecule has 0 aromatic heterocycles. The van der Waals surface area contributed by atoms with Gasteiger partial charge in [0.1, 0.15) is 0 Å². The molecule has 1 saturated heterocycles. The van der Waals surface area contributed by atoms with Gasteiger partial charge in [0.2, 0.25) is 0 Å². The lowest BCUT2D eigenvalue weighted by Crippen LogP contribution is -2.34. The van der Waals surface area contributed by atoms with E-state index in [2.05, 4.69) is 41.4 Å². The van der Waals surface area contributed by atoms with E-state index in [1.165, 1.54) is 37.1 Å². The molecular weight excluding hydrogens is 248 g/mol. The predicted octanol–water partition coefficient (Wildman–Crippen LogP) is 2.65. The molecule has 1 aliphatic heterocycles. The molecule has 0 saturated carbocycles. The summed E-state index contributed by atoms with van der Waals surface area (Å²) in [5, 5.41) is 3.43. The molecule has 0 radical (unpaired) electrons. The lowest BCUT2D eigenvalue weighted by Gasteiger charge is -2.32. The minimum absolute atomic E-state index is 0.758. The Labute approximate surface area is 123 Å². The van der Waals surface area contributed by atoms with Crippen molar-refractivity contribution in [2.45, 2.75) is 32.9 Å². The van der Waals surface area contributed by atoms with Crippen molar-refractivity contribution in [2.75, 3.05) is 33.4 Å². The lowest BCUT2D eigenvalue weighted by molar-refractivity contribution is 0.0967. The summed E-state index contributed by atoms with van der Waals surface area (Å²) in [6.07, 6.45) is 2.53. The van der Waals surface area contributed by atoms with Crippen LogP contribution in [0.25, 0.3) is 0 Å². The Morgan fingerprint density at radius 1 is 1.20 bits per heavy atom. The molecule has 112 valence electrons. The summed E-state index contributed by atoms with van der Waals surface area (Å²) in [6, 6.07) is 8.81. The van der Waals surface area contributed by atoms with Crippen molar-refractivity contribution < 1.29 is 4.74 Å². The molecule has 0 amide bonds. The van der Waals surface area contributed by atoms with E-state index in [9.17, 15) is 0 Å². The van der Waals surface area contributed by atoms with Crippen molar-refractivity contribution >= 4 is 0 Å². The molecule has 1 N–H and O–H groups in total. The van der Waals surface area contributed by atoms with Crippen LogP contribution in [0.15, 0.2) is 24.3 Å². The van der Waals surface area contributed by atoms with Crippen molar-refractivity contribution in [3.63, 3.8) is 0 Å². The van der Waals surface area contributed by atoms with Crippen LogP contribution in [0.1, 0.15) is 30.9 Å². The first kappa shape index (κ1) is 15.5. The van der Waals surface area contributed by atoms with E-state index < -0.39 is 0 Å². The second-order valence-electron chi connectivity index (χ2n) is 5.72. The number of benzene rings is 1. The monoisotopic (exact) mass is 276 g/mol. The SMILES string of the molecule is CCNCc1ccccc1CN1CCC(COC)CC1. The highest BCUT2D eigenvalue weighted by atomic mass is 16.5. The highest BCUT2D eigenvalue weighted by Gasteiger charge is 2.19. The minimum Gasteiger partial charge on any atom is -0.384 e. The van der Waals surface area contributed by atoms with Crippen LogP contribution < -0.4 is 5.32 Å². The van der Waals surface area contributed by atoms with Gasteiger partial charge in [-0.3, -0.25) is 4.90 Å². The molecule has 0 unspecified atom stereocenters. The summed E-state index contributed by atoms with van der Waals surface area (Å²) in [5.41, 5.74) is 2.91. The number of ether oxygens (including phenoxy) is 1. The van der Waals surface area contributed by atoms with Crippen LogP contribution >= 0.6 is 0 Å². The van der Waals surface area contributed by atoms with Crippen molar-refractivity contribution in [3.8, 4) is 0 Å². The zero-order valence-electron chi connectivity index (χ0n) is 12.9. The molecule has 1 fully saturated rings. The van der Waals surface area contributed by atoms with Crippen molar-refractivity contribution in [3.05, 3.63) is 35.4 Å². The maximum atomic E-state index is 5.27. The third-order valence-corrected chi connectivity index (χ3v) is 4.19. The Bertz CT molecular complexity index is 386. The van der Waals surface area contributed by atoms with E-state index >= 15 is 0 Å². The highest BCUT2D eigenvalue weighted by molar-refractivity contribution is 5.27. The smallest absolute Gasteiger partial charge is 0.0491 e. The molecular formula is C17H28N2O. The Morgan fingerprint density at radius 3 is 2.55 bits per heavy atom. The van der Waals surface area contributed by atoms with Crippen LogP contribution in [0.2, 0.25) is 0 Å². The molecule has 0 bridgehead atoms. The van der Waals surface area contributed by atoms with E-state index in [4.69, 9.17) is 4.74 Å². The van der Waals surface area contributed by atoms with Crippen LogP contribution in [0.3, 0.4) is 0 Å². The number of likely N-dealkylation sites (tertiary alicyclic amines) is 1. The zero-order chi connectivity index (χ0) is 14.2. The van der Waals surface area contributed by atoms with Crippen LogP contribution in [-0.4, -0.2) is 38.3 Å². The molecule has 0 spiro atoms. The second kappa shape index (κ2) is 8.40. The van der Waals surface area contributed by atoms with Crippen molar-refractivity contribution in [1.82, 2.24) is 10.2 Å². The maximum absolute atomic E-state index is 5.27. The van der Waals surface area contributed by atoms with Gasteiger partial charge in [0.15, 0.2) is 0 Å². The summed E-state index contributed by atoms with van der Waals surface area (Å²) >= 11 is 0. The van der Waals surface area contributed by atoms with Gasteiger partial charge in [-0.1, -0.05) is 31.2 Å². The molecule has 0 atom stereocenters. The molecule has 1 aromatic carbocycles. The first-order valence-corrected chi connectivity index (χ1v) is 7.82. The molecule has 3 nitrogen and oxygen atoms in total. The Morgan fingerprint density at radius 2 is 1.90 bits per heavy atom. The van der Waals surface area contributed by atoms with Gasteiger partial charge < -0.3 is 10.1 Å². The normalized spacial score (nSPS) is 17.5. The van der Waals surface area contributed by atoms with Crippen LogP contribution in [0.4, 0.5) is 0 Å². The zero-order valence-corrected chi connectivity index (χ0v) is 12.9. The van der Waals surface area contributed by atoms with Gasteiger partial charge in [0.05, 0.1) is 0 Å². The van der Waals surface area contributed by atoms with E-state index in [0.717, 1.165) is 32.2 Å². The topological polar surface area (TPSA) is 24.5 Å². The molecule has 3 heteroatoms. The molecule has 1 aliphatic rings. The molecule has 1 aromatic rings. The predicted molar refractivity (Wildman–Crippen MR) is 83.7 cm³/mol. The average Bonchev–Trinajstić information content (AvgIpc) is 2.49. The largest absolute Gasteiger partial charge is 0.384 e. The number of piperidine rings is 1. The maximum Gasteiger partial charge on any atom is 0.0491 e. The van der Waals surface area contributed by atoms with Gasteiger partial charge >= 0.3 is 0 Å². The summed E-state index contributed by atoms with van der Waals surface area (Å²) in [4.78, 5) is 2.58. The molecule has 2 rings (SSSR count). The van der Waals surface area contributed by atoms with Crippen molar-refractivity contribution in [1.29, 1.82) is 0 Å². The standard InChI is InChI=1S/C17H28N2O/c1-3-18-12-16-6-4-5-7-17(16)13-19-10-8-15(9-11-19)14-20-2/h4-7,15,18H,3,8-14H2,1-2H3. The van der Waals surface area contributed by atoms with Gasteiger partial charge in [-0.25, -0.2) is 0 Å². The van der Waals surface area contributed by atoms with Gasteiger partial charge in [-0.15, -0.1) is 0 Å². The fraction of sp³-hybridized carbons (Fsp3) is 0.647. The van der Waals surface area contributed by atoms with Crippen molar-refractivity contribution in [2.24, 2.45) is 5.92 Å². The van der Waals surface area contributed by atoms with Crippen LogP contribution in [0.5, 0.6) is 0 Å². The summed E-state index contributed by atoms with van der Waals surface area (Å²) < 4.78 is 5.27. The van der Waals surface area contributed by atoms with E-state index in [0.29, 0.717) is 0 Å². The third-order valence-electron chi connectivity index (χ3n) is 4.19. The summed E-state index contributed by atoms with van der Waals surface area (Å²) in [6.45, 7) is 8.56. The first-order valence-electron chi connectivity index (χ1n) is 7.82. The third kappa shape index (κ3) is 4.58. The number of nitrogens with one attached hydrogen (secondary N) is 1. The molecule has 0 aliphatic carbocycles.